The summed E-state index contributed by atoms with van der Waals surface area (Å²) in [4.78, 5) is 7.72. The summed E-state index contributed by atoms with van der Waals surface area (Å²) in [6.07, 6.45) is 0. The molecule has 0 amide bonds. The highest BCUT2D eigenvalue weighted by molar-refractivity contribution is 8.02. The Morgan fingerprint density at radius 2 is 1.32 bits per heavy atom. The SMILES string of the molecule is Cc1cc2c3c(c1)C(C)(C)c1ccccc1B3c1ccc3cc1N2c1ccccc1Sc1ccccc1S3. The fraction of sp³-hybridized carbons (Fsp3) is 0.118. The highest BCUT2D eigenvalue weighted by Crippen LogP contribution is 2.49. The smallest absolute Gasteiger partial charge is 0.247 e. The van der Waals surface area contributed by atoms with Crippen molar-refractivity contribution in [1.29, 1.82) is 0 Å². The number of hydrogen-bond donors (Lipinski definition) is 0. The molecule has 5 aromatic rings. The number of nitrogens with zero attached hydrogens (tertiary/aromatic N) is 1. The molecule has 0 fully saturated rings. The summed E-state index contributed by atoms with van der Waals surface area (Å²) < 4.78 is 0. The van der Waals surface area contributed by atoms with Gasteiger partial charge in [0.25, 0.3) is 0 Å². The van der Waals surface area contributed by atoms with Gasteiger partial charge >= 0.3 is 0 Å². The molecule has 3 heterocycles. The van der Waals surface area contributed by atoms with E-state index in [1.54, 1.807) is 0 Å². The van der Waals surface area contributed by atoms with E-state index in [1.165, 1.54) is 69.7 Å². The molecule has 0 saturated carbocycles. The summed E-state index contributed by atoms with van der Waals surface area (Å²) in [6, 6.07) is 38.9. The number of anilines is 3. The molecule has 0 saturated heterocycles. The van der Waals surface area contributed by atoms with Gasteiger partial charge < -0.3 is 4.90 Å². The van der Waals surface area contributed by atoms with E-state index in [4.69, 9.17) is 0 Å². The molecule has 2 bridgehead atoms. The molecule has 0 radical (unpaired) electrons. The summed E-state index contributed by atoms with van der Waals surface area (Å²) in [5, 5.41) is 0. The summed E-state index contributed by atoms with van der Waals surface area (Å²) in [5.41, 5.74) is 12.3. The van der Waals surface area contributed by atoms with Crippen LogP contribution < -0.4 is 21.3 Å². The Morgan fingerprint density at radius 1 is 0.605 bits per heavy atom. The van der Waals surface area contributed by atoms with Crippen LogP contribution in [0.25, 0.3) is 0 Å². The van der Waals surface area contributed by atoms with Gasteiger partial charge in [0.1, 0.15) is 0 Å². The standard InChI is InChI=1S/C34H26BNS2/c1-21-18-24-33-29(19-21)36-27-12-6-7-13-30(27)38-32-15-9-8-14-31(32)37-22-16-17-26(28(36)20-22)35(33)25-11-5-4-10-23(25)34(24,2)3/h4-20H,1-3H3. The van der Waals surface area contributed by atoms with E-state index in [0.29, 0.717) is 0 Å². The van der Waals surface area contributed by atoms with Crippen molar-refractivity contribution in [1.82, 2.24) is 0 Å². The second kappa shape index (κ2) is 8.08. The molecule has 4 heteroatoms. The number of fused-ring (bicyclic) bond motifs is 8. The zero-order chi connectivity index (χ0) is 25.6. The summed E-state index contributed by atoms with van der Waals surface area (Å²) in [5.74, 6) is 0. The molecule has 0 N–H and O–H groups in total. The molecule has 0 unspecified atom stereocenters. The first-order valence-corrected chi connectivity index (χ1v) is 14.9. The van der Waals surface area contributed by atoms with Gasteiger partial charge in [0, 0.05) is 36.4 Å². The van der Waals surface area contributed by atoms with E-state index < -0.39 is 0 Å². The molecule has 0 aliphatic carbocycles. The number of para-hydroxylation sites is 1. The summed E-state index contributed by atoms with van der Waals surface area (Å²) >= 11 is 3.75. The fourth-order valence-electron chi connectivity index (χ4n) is 6.73. The topological polar surface area (TPSA) is 3.24 Å². The van der Waals surface area contributed by atoms with Crippen molar-refractivity contribution in [3.05, 3.63) is 120 Å². The molecule has 8 rings (SSSR count). The normalized spacial score (nSPS) is 15.7. The highest BCUT2D eigenvalue weighted by atomic mass is 32.2. The van der Waals surface area contributed by atoms with Gasteiger partial charge in [0.15, 0.2) is 0 Å². The van der Waals surface area contributed by atoms with E-state index in [-0.39, 0.29) is 12.1 Å². The van der Waals surface area contributed by atoms with Gasteiger partial charge in [-0.3, -0.25) is 0 Å². The van der Waals surface area contributed by atoms with Crippen LogP contribution in [0.4, 0.5) is 17.1 Å². The molecule has 1 nitrogen and oxygen atoms in total. The third-order valence-corrected chi connectivity index (χ3v) is 10.7. The Kier molecular flexibility index (Phi) is 4.81. The Labute approximate surface area is 233 Å². The molecule has 38 heavy (non-hydrogen) atoms. The summed E-state index contributed by atoms with van der Waals surface area (Å²) in [6.45, 7) is 7.28. The molecule has 3 aliphatic rings. The molecular weight excluding hydrogens is 497 g/mol. The lowest BCUT2D eigenvalue weighted by Crippen LogP contribution is -2.64. The van der Waals surface area contributed by atoms with Gasteiger partial charge in [-0.15, -0.1) is 0 Å². The van der Waals surface area contributed by atoms with Crippen LogP contribution in [0.15, 0.2) is 123 Å². The second-order valence-corrected chi connectivity index (χ2v) is 13.3. The first kappa shape index (κ1) is 22.6. The van der Waals surface area contributed by atoms with Crippen LogP contribution in [-0.2, 0) is 5.41 Å². The van der Waals surface area contributed by atoms with Crippen LogP contribution >= 0.6 is 23.5 Å². The number of aryl methyl sites for hydroxylation is 1. The van der Waals surface area contributed by atoms with Crippen LogP contribution in [0, 0.1) is 6.92 Å². The predicted molar refractivity (Wildman–Crippen MR) is 164 cm³/mol. The second-order valence-electron chi connectivity index (χ2n) is 11.1. The molecule has 182 valence electrons. The van der Waals surface area contributed by atoms with Crippen molar-refractivity contribution < 1.29 is 0 Å². The lowest BCUT2D eigenvalue weighted by Gasteiger charge is -2.46. The van der Waals surface area contributed by atoms with Crippen LogP contribution in [-0.4, -0.2) is 6.71 Å². The van der Waals surface area contributed by atoms with Crippen molar-refractivity contribution in [2.75, 3.05) is 4.90 Å². The van der Waals surface area contributed by atoms with Gasteiger partial charge in [-0.05, 0) is 77.0 Å². The quantitative estimate of drug-likeness (QED) is 0.189. The maximum Gasteiger partial charge on any atom is 0.247 e. The maximum absolute atomic E-state index is 2.56. The zero-order valence-electron chi connectivity index (χ0n) is 21.7. The van der Waals surface area contributed by atoms with Crippen LogP contribution in [0.3, 0.4) is 0 Å². The van der Waals surface area contributed by atoms with Crippen molar-refractivity contribution in [3.8, 4) is 0 Å². The van der Waals surface area contributed by atoms with Crippen molar-refractivity contribution in [3.63, 3.8) is 0 Å². The molecular formula is C34H26BNS2. The Balaban J connectivity index is 1.50. The lowest BCUT2D eigenvalue weighted by atomic mass is 9.30. The van der Waals surface area contributed by atoms with Crippen molar-refractivity contribution in [2.24, 2.45) is 0 Å². The van der Waals surface area contributed by atoms with Gasteiger partial charge in [0.05, 0.1) is 5.69 Å². The van der Waals surface area contributed by atoms with E-state index in [1.807, 2.05) is 23.5 Å². The lowest BCUT2D eigenvalue weighted by molar-refractivity contribution is 0.645. The molecule has 0 spiro atoms. The minimum Gasteiger partial charge on any atom is -0.310 e. The molecule has 0 atom stereocenters. The van der Waals surface area contributed by atoms with Crippen molar-refractivity contribution >= 4 is 63.7 Å². The minimum absolute atomic E-state index is 0.0686. The average Bonchev–Trinajstić information content (AvgIpc) is 2.92. The highest BCUT2D eigenvalue weighted by Gasteiger charge is 2.46. The Bertz CT molecular complexity index is 1790. The Hall–Kier alpha value is -3.34. The van der Waals surface area contributed by atoms with Gasteiger partial charge in [-0.25, -0.2) is 0 Å². The third kappa shape index (κ3) is 3.11. The monoisotopic (exact) mass is 523 g/mol. The van der Waals surface area contributed by atoms with E-state index in [9.17, 15) is 0 Å². The number of rotatable bonds is 0. The molecule has 0 aromatic heterocycles. The predicted octanol–water partition coefficient (Wildman–Crippen LogP) is 7.55. The zero-order valence-corrected chi connectivity index (χ0v) is 23.3. The first-order chi connectivity index (χ1) is 18.5. The van der Waals surface area contributed by atoms with Crippen LogP contribution in [0.2, 0.25) is 0 Å². The average molecular weight is 524 g/mol. The largest absolute Gasteiger partial charge is 0.310 e. The van der Waals surface area contributed by atoms with Gasteiger partial charge in [-0.2, -0.15) is 0 Å². The van der Waals surface area contributed by atoms with Crippen molar-refractivity contribution in [2.45, 2.75) is 45.8 Å². The maximum atomic E-state index is 2.56. The first-order valence-electron chi connectivity index (χ1n) is 13.2. The van der Waals surface area contributed by atoms with E-state index in [2.05, 4.69) is 129 Å². The fourth-order valence-corrected chi connectivity index (χ4v) is 8.82. The van der Waals surface area contributed by atoms with Gasteiger partial charge in [0.2, 0.25) is 6.71 Å². The number of benzene rings is 5. The third-order valence-electron chi connectivity index (χ3n) is 8.41. The summed E-state index contributed by atoms with van der Waals surface area (Å²) in [7, 11) is 0. The molecule has 5 aromatic carbocycles. The minimum atomic E-state index is -0.0686. The van der Waals surface area contributed by atoms with Gasteiger partial charge in [-0.1, -0.05) is 103 Å². The van der Waals surface area contributed by atoms with Crippen LogP contribution in [0.5, 0.6) is 0 Å². The molecule has 3 aliphatic heterocycles. The number of hydrogen-bond acceptors (Lipinski definition) is 3. The Morgan fingerprint density at radius 3 is 2.16 bits per heavy atom. The van der Waals surface area contributed by atoms with Crippen LogP contribution in [0.1, 0.15) is 30.5 Å². The van der Waals surface area contributed by atoms with E-state index >= 15 is 0 Å². The van der Waals surface area contributed by atoms with E-state index in [0.717, 1.165) is 0 Å².